The molecule has 4 heteroatoms. The lowest BCUT2D eigenvalue weighted by molar-refractivity contribution is -0.119. The van der Waals surface area contributed by atoms with E-state index in [1.165, 1.54) is 0 Å². The number of carbonyl (C=O) groups is 1. The predicted octanol–water partition coefficient (Wildman–Crippen LogP) is 2.24. The second kappa shape index (κ2) is 5.87. The molecule has 0 unspecified atom stereocenters. The minimum Gasteiger partial charge on any atom is -0.325 e. The van der Waals surface area contributed by atoms with E-state index in [0.29, 0.717) is 12.8 Å². The Morgan fingerprint density at radius 2 is 2.11 bits per heavy atom. The zero-order chi connectivity index (χ0) is 13.9. The summed E-state index contributed by atoms with van der Waals surface area (Å²) in [6.07, 6.45) is 6.21. The van der Waals surface area contributed by atoms with Crippen molar-refractivity contribution >= 4 is 5.78 Å². The molecule has 4 nitrogen and oxygen atoms in total. The third kappa shape index (κ3) is 3.44. The number of hydrogen-bond donors (Lipinski definition) is 1. The van der Waals surface area contributed by atoms with Crippen LogP contribution in [0, 0.1) is 0 Å². The Morgan fingerprint density at radius 3 is 2.68 bits per heavy atom. The van der Waals surface area contributed by atoms with E-state index in [2.05, 4.69) is 25.0 Å². The second-order valence-electron chi connectivity index (χ2n) is 5.76. The molecule has 0 atom stereocenters. The molecule has 1 aromatic heterocycles. The van der Waals surface area contributed by atoms with E-state index in [0.717, 1.165) is 50.0 Å². The van der Waals surface area contributed by atoms with Crippen LogP contribution in [0.15, 0.2) is 6.07 Å². The lowest BCUT2D eigenvalue weighted by atomic mass is 9.91. The summed E-state index contributed by atoms with van der Waals surface area (Å²) in [5, 5.41) is 4.48. The van der Waals surface area contributed by atoms with Crippen molar-refractivity contribution in [3.8, 4) is 0 Å². The first-order valence-electron chi connectivity index (χ1n) is 7.42. The molecule has 0 radical (unpaired) electrons. The van der Waals surface area contributed by atoms with Crippen LogP contribution in [0.5, 0.6) is 0 Å². The molecule has 1 saturated carbocycles. The molecule has 2 N–H and O–H groups in total. The normalized spacial score (nSPS) is 17.8. The number of Topliss-reactive ketones (excluding diaryl/α,β-unsaturated/α-hetero) is 1. The maximum Gasteiger partial charge on any atom is 0.140 e. The minimum atomic E-state index is -0.234. The number of aromatic nitrogens is 2. The van der Waals surface area contributed by atoms with Gasteiger partial charge in [0.2, 0.25) is 0 Å². The highest BCUT2D eigenvalue weighted by molar-refractivity contribution is 5.81. The van der Waals surface area contributed by atoms with Crippen molar-refractivity contribution in [3.63, 3.8) is 0 Å². The van der Waals surface area contributed by atoms with Crippen LogP contribution in [0.25, 0.3) is 0 Å². The summed E-state index contributed by atoms with van der Waals surface area (Å²) in [5.41, 5.74) is 8.13. The molecule has 1 aromatic rings. The van der Waals surface area contributed by atoms with Gasteiger partial charge in [-0.25, -0.2) is 0 Å². The van der Waals surface area contributed by atoms with Crippen LogP contribution in [-0.4, -0.2) is 21.1 Å². The van der Waals surface area contributed by atoms with Crippen LogP contribution in [0.4, 0.5) is 0 Å². The number of nitrogens with zero attached hydrogens (tertiary/aromatic N) is 2. The summed E-state index contributed by atoms with van der Waals surface area (Å²) >= 11 is 0. The molecular weight excluding hydrogens is 238 g/mol. The number of hydrogen-bond acceptors (Lipinski definition) is 3. The van der Waals surface area contributed by atoms with E-state index >= 15 is 0 Å². The van der Waals surface area contributed by atoms with E-state index in [4.69, 9.17) is 5.73 Å². The van der Waals surface area contributed by atoms with E-state index in [1.807, 2.05) is 4.68 Å². The molecule has 1 heterocycles. The van der Waals surface area contributed by atoms with E-state index in [1.54, 1.807) is 0 Å². The lowest BCUT2D eigenvalue weighted by Crippen LogP contribution is -2.39. The van der Waals surface area contributed by atoms with Gasteiger partial charge in [-0.15, -0.1) is 0 Å². The van der Waals surface area contributed by atoms with Crippen molar-refractivity contribution in [3.05, 3.63) is 17.5 Å². The zero-order valence-corrected chi connectivity index (χ0v) is 12.1. The molecule has 0 saturated heterocycles. The van der Waals surface area contributed by atoms with Gasteiger partial charge in [-0.2, -0.15) is 5.10 Å². The SMILES string of the molecule is CCc1cc(CC(=O)CC2(N)CCCC2)n(CC)n1. The molecule has 1 fully saturated rings. The minimum absolute atomic E-state index is 0.234. The fraction of sp³-hybridized carbons (Fsp3) is 0.733. The fourth-order valence-corrected chi connectivity index (χ4v) is 3.02. The zero-order valence-electron chi connectivity index (χ0n) is 12.1. The fourth-order valence-electron chi connectivity index (χ4n) is 3.02. The molecule has 0 spiro atoms. The van der Waals surface area contributed by atoms with Crippen molar-refractivity contribution in [2.24, 2.45) is 5.73 Å². The Morgan fingerprint density at radius 1 is 1.42 bits per heavy atom. The van der Waals surface area contributed by atoms with Gasteiger partial charge >= 0.3 is 0 Å². The van der Waals surface area contributed by atoms with E-state index < -0.39 is 0 Å². The van der Waals surface area contributed by atoms with Crippen molar-refractivity contribution in [2.45, 2.75) is 70.9 Å². The molecule has 0 aliphatic heterocycles. The Labute approximate surface area is 115 Å². The summed E-state index contributed by atoms with van der Waals surface area (Å²) in [5.74, 6) is 0.252. The van der Waals surface area contributed by atoms with Crippen LogP contribution in [0.2, 0.25) is 0 Å². The van der Waals surface area contributed by atoms with Crippen molar-refractivity contribution in [1.82, 2.24) is 9.78 Å². The highest BCUT2D eigenvalue weighted by Gasteiger charge is 2.31. The van der Waals surface area contributed by atoms with Gasteiger partial charge in [0.1, 0.15) is 5.78 Å². The predicted molar refractivity (Wildman–Crippen MR) is 76.0 cm³/mol. The Hall–Kier alpha value is -1.16. The van der Waals surface area contributed by atoms with Crippen LogP contribution >= 0.6 is 0 Å². The average Bonchev–Trinajstić information content (AvgIpc) is 2.95. The highest BCUT2D eigenvalue weighted by Crippen LogP contribution is 2.30. The monoisotopic (exact) mass is 263 g/mol. The Kier molecular flexibility index (Phi) is 4.40. The number of ketones is 1. The first kappa shape index (κ1) is 14.3. The first-order valence-corrected chi connectivity index (χ1v) is 7.42. The van der Waals surface area contributed by atoms with Crippen LogP contribution < -0.4 is 5.73 Å². The van der Waals surface area contributed by atoms with Gasteiger partial charge in [0.25, 0.3) is 0 Å². The Bertz CT molecular complexity index is 444. The van der Waals surface area contributed by atoms with Crippen LogP contribution in [0.3, 0.4) is 0 Å². The van der Waals surface area contributed by atoms with Gasteiger partial charge in [0.05, 0.1) is 5.69 Å². The van der Waals surface area contributed by atoms with Gasteiger partial charge in [-0.1, -0.05) is 19.8 Å². The maximum atomic E-state index is 12.2. The highest BCUT2D eigenvalue weighted by atomic mass is 16.1. The molecule has 0 aromatic carbocycles. The number of aryl methyl sites for hydroxylation is 2. The average molecular weight is 263 g/mol. The molecule has 19 heavy (non-hydrogen) atoms. The van der Waals surface area contributed by atoms with Gasteiger partial charge in [0, 0.05) is 30.6 Å². The summed E-state index contributed by atoms with van der Waals surface area (Å²) in [6, 6.07) is 2.05. The summed E-state index contributed by atoms with van der Waals surface area (Å²) in [7, 11) is 0. The molecule has 0 bridgehead atoms. The van der Waals surface area contributed by atoms with Gasteiger partial charge in [-0.3, -0.25) is 9.48 Å². The van der Waals surface area contributed by atoms with Crippen LogP contribution in [-0.2, 0) is 24.2 Å². The van der Waals surface area contributed by atoms with Gasteiger partial charge in [0.15, 0.2) is 0 Å². The summed E-state index contributed by atoms with van der Waals surface area (Å²) in [6.45, 7) is 4.96. The third-order valence-electron chi connectivity index (χ3n) is 4.10. The van der Waals surface area contributed by atoms with E-state index in [-0.39, 0.29) is 11.3 Å². The van der Waals surface area contributed by atoms with Gasteiger partial charge in [-0.05, 0) is 32.3 Å². The smallest absolute Gasteiger partial charge is 0.140 e. The quantitative estimate of drug-likeness (QED) is 0.856. The molecule has 0 amide bonds. The van der Waals surface area contributed by atoms with E-state index in [9.17, 15) is 4.79 Å². The maximum absolute atomic E-state index is 12.2. The number of nitrogens with two attached hydrogens (primary N) is 1. The largest absolute Gasteiger partial charge is 0.325 e. The van der Waals surface area contributed by atoms with Gasteiger partial charge < -0.3 is 5.73 Å². The molecule has 1 aliphatic carbocycles. The lowest BCUT2D eigenvalue weighted by Gasteiger charge is -2.22. The Balaban J connectivity index is 2.00. The molecular formula is C15H25N3O. The van der Waals surface area contributed by atoms with Crippen LogP contribution in [0.1, 0.15) is 57.3 Å². The molecule has 106 valence electrons. The standard InChI is InChI=1S/C15H25N3O/c1-3-12-9-13(18(4-2)17-12)10-14(19)11-15(16)7-5-6-8-15/h9H,3-8,10-11,16H2,1-2H3. The molecule has 2 rings (SSSR count). The second-order valence-corrected chi connectivity index (χ2v) is 5.76. The summed E-state index contributed by atoms with van der Waals surface area (Å²) < 4.78 is 1.94. The first-order chi connectivity index (χ1) is 9.06. The van der Waals surface area contributed by atoms with Crippen molar-refractivity contribution < 1.29 is 4.79 Å². The van der Waals surface area contributed by atoms with Crippen molar-refractivity contribution in [1.29, 1.82) is 0 Å². The topological polar surface area (TPSA) is 60.9 Å². The summed E-state index contributed by atoms with van der Waals surface area (Å²) in [4.78, 5) is 12.2. The van der Waals surface area contributed by atoms with Crippen molar-refractivity contribution in [2.75, 3.05) is 0 Å². The third-order valence-corrected chi connectivity index (χ3v) is 4.10. The molecule has 1 aliphatic rings. The number of rotatable bonds is 6. The number of carbonyl (C=O) groups excluding carboxylic acids is 1.